The highest BCUT2D eigenvalue weighted by Gasteiger charge is 2.31. The quantitative estimate of drug-likeness (QED) is 0.315. The smallest absolute Gasteiger partial charge is 0.0783 e. The monoisotopic (exact) mass is 494 g/mol. The van der Waals surface area contributed by atoms with E-state index in [1.54, 1.807) is 24.3 Å². The van der Waals surface area contributed by atoms with Crippen LogP contribution in [-0.2, 0) is 0 Å². The number of hydrogen-bond donors (Lipinski definition) is 0. The molecule has 0 spiro atoms. The fourth-order valence-electron chi connectivity index (χ4n) is 4.01. The number of hydrogen-bond acceptors (Lipinski definition) is 1. The Bertz CT molecular complexity index is 1320. The Morgan fingerprint density at radius 3 is 2.21 bits per heavy atom. The third-order valence-corrected chi connectivity index (χ3v) is 5.42. The fraction of sp³-hybridized carbons (Fsp3) is 0. The van der Waals surface area contributed by atoms with Crippen molar-refractivity contribution in [3.05, 3.63) is 146 Å². The van der Waals surface area contributed by atoms with Gasteiger partial charge < -0.3 is 9.47 Å². The number of aromatic nitrogens is 1. The van der Waals surface area contributed by atoms with Crippen molar-refractivity contribution >= 4 is 50.4 Å². The summed E-state index contributed by atoms with van der Waals surface area (Å²) in [5, 5.41) is 1.10. The summed E-state index contributed by atoms with van der Waals surface area (Å²) in [5.74, 6) is 0. The zero-order valence-corrected chi connectivity index (χ0v) is 20.3. The summed E-state index contributed by atoms with van der Waals surface area (Å²) in [4.78, 5) is 2.20. The van der Waals surface area contributed by atoms with Crippen LogP contribution in [0.2, 0.25) is 0 Å². The van der Waals surface area contributed by atoms with Gasteiger partial charge in [0.25, 0.3) is 0 Å². The molecule has 0 unspecified atom stereocenters. The van der Waals surface area contributed by atoms with Crippen LogP contribution in [0.3, 0.4) is 0 Å². The van der Waals surface area contributed by atoms with Crippen molar-refractivity contribution in [3.63, 3.8) is 0 Å². The van der Waals surface area contributed by atoms with E-state index in [2.05, 4.69) is 83.1 Å². The number of benzene rings is 1. The predicted octanol–water partition coefficient (Wildman–Crippen LogP) is 8.93. The van der Waals surface area contributed by atoms with Crippen LogP contribution < -0.4 is 4.90 Å². The highest BCUT2D eigenvalue weighted by atomic mass is 79.9. The van der Waals surface area contributed by atoms with Crippen molar-refractivity contribution in [1.29, 1.82) is 0 Å². The minimum Gasteiger partial charge on any atom is -0.306 e. The van der Waals surface area contributed by atoms with Gasteiger partial charge in [0.1, 0.15) is 0 Å². The van der Waals surface area contributed by atoms with E-state index in [4.69, 9.17) is 0 Å². The van der Waals surface area contributed by atoms with E-state index in [1.165, 1.54) is 0 Å². The first kappa shape index (κ1) is 23.8. The molecule has 33 heavy (non-hydrogen) atoms. The summed E-state index contributed by atoms with van der Waals surface area (Å²) >= 11 is 3.44. The van der Waals surface area contributed by atoms with Gasteiger partial charge in [-0.1, -0.05) is 104 Å². The van der Waals surface area contributed by atoms with Crippen molar-refractivity contribution in [2.24, 2.45) is 0 Å². The average molecular weight is 495 g/mol. The maximum Gasteiger partial charge on any atom is 0.0783 e. The zero-order valence-electron chi connectivity index (χ0n) is 18.7. The van der Waals surface area contributed by atoms with E-state index in [0.29, 0.717) is 0 Å². The Hall–Kier alpha value is -3.82. The van der Waals surface area contributed by atoms with Crippen LogP contribution in [0.15, 0.2) is 134 Å². The normalized spacial score (nSPS) is 16.2. The van der Waals surface area contributed by atoms with Gasteiger partial charge in [-0.15, -0.1) is 0 Å². The molecule has 2 heterocycles. The summed E-state index contributed by atoms with van der Waals surface area (Å²) in [5.41, 5.74) is 7.01. The van der Waals surface area contributed by atoms with Gasteiger partial charge in [0, 0.05) is 21.1 Å². The van der Waals surface area contributed by atoms with E-state index in [1.807, 2.05) is 48.6 Å². The van der Waals surface area contributed by atoms with Crippen LogP contribution in [0.4, 0.5) is 5.69 Å². The van der Waals surface area contributed by atoms with Gasteiger partial charge in [-0.2, -0.15) is 0 Å². The lowest BCUT2D eigenvalue weighted by atomic mass is 10.1. The molecular weight excluding hydrogens is 468 g/mol. The second-order valence-electron chi connectivity index (χ2n) is 7.12. The van der Waals surface area contributed by atoms with Crippen molar-refractivity contribution in [3.8, 4) is 0 Å². The molecule has 3 heteroatoms. The molecular formula is C30H27BrN2. The lowest BCUT2D eigenvalue weighted by molar-refractivity contribution is 1.03. The molecule has 0 bridgehead atoms. The van der Waals surface area contributed by atoms with Gasteiger partial charge >= 0.3 is 0 Å². The van der Waals surface area contributed by atoms with Gasteiger partial charge in [0.05, 0.1) is 28.3 Å². The van der Waals surface area contributed by atoms with E-state index >= 15 is 0 Å². The topological polar surface area (TPSA) is 8.17 Å². The van der Waals surface area contributed by atoms with Crippen LogP contribution in [-0.4, -0.2) is 4.57 Å². The zero-order chi connectivity index (χ0) is 24.0. The summed E-state index contributed by atoms with van der Waals surface area (Å²) in [6.45, 7) is 23.8. The van der Waals surface area contributed by atoms with E-state index in [0.717, 1.165) is 49.4 Å². The van der Waals surface area contributed by atoms with Gasteiger partial charge in [0.2, 0.25) is 0 Å². The second kappa shape index (κ2) is 10.7. The van der Waals surface area contributed by atoms with Crippen molar-refractivity contribution < 1.29 is 0 Å². The van der Waals surface area contributed by atoms with Gasteiger partial charge in [-0.25, -0.2) is 0 Å². The summed E-state index contributed by atoms with van der Waals surface area (Å²) in [6.07, 6.45) is 22.9. The average Bonchev–Trinajstić information content (AvgIpc) is 3.12. The van der Waals surface area contributed by atoms with Crippen LogP contribution in [0, 0.1) is 0 Å². The third-order valence-electron chi connectivity index (χ3n) is 5.16. The summed E-state index contributed by atoms with van der Waals surface area (Å²) in [6, 6.07) is 6.30. The minimum atomic E-state index is 0.787. The van der Waals surface area contributed by atoms with Gasteiger partial charge in [-0.05, 0) is 42.5 Å². The third kappa shape index (κ3) is 4.41. The first-order chi connectivity index (χ1) is 16.0. The van der Waals surface area contributed by atoms with Gasteiger partial charge in [-0.3, -0.25) is 0 Å². The lowest BCUT2D eigenvalue weighted by Gasteiger charge is -2.36. The molecule has 3 rings (SSSR count). The molecule has 0 atom stereocenters. The maximum absolute atomic E-state index is 4.10. The number of allylic oxidation sites excluding steroid dienone is 12. The van der Waals surface area contributed by atoms with E-state index < -0.39 is 0 Å². The Labute approximate surface area is 205 Å². The molecule has 2 nitrogen and oxygen atoms in total. The SMILES string of the molecule is C=C/C=C\C(=C/C=C)N1C(=C/C=C)/C(=C\C=C)n2c(/C=C\C(=C)Br)c(C=C)c3cccc1c32. The molecule has 0 fully saturated rings. The number of para-hydroxylation sites is 1. The molecule has 1 aromatic carbocycles. The van der Waals surface area contributed by atoms with E-state index in [9.17, 15) is 0 Å². The van der Waals surface area contributed by atoms with Crippen LogP contribution >= 0.6 is 15.9 Å². The highest BCUT2D eigenvalue weighted by molar-refractivity contribution is 9.11. The molecule has 164 valence electrons. The first-order valence-electron chi connectivity index (χ1n) is 10.4. The molecule has 0 N–H and O–H groups in total. The molecule has 1 aromatic heterocycles. The van der Waals surface area contributed by atoms with Crippen molar-refractivity contribution in [2.75, 3.05) is 4.90 Å². The van der Waals surface area contributed by atoms with Gasteiger partial charge in [0.15, 0.2) is 0 Å². The Balaban J connectivity index is 2.57. The summed E-state index contributed by atoms with van der Waals surface area (Å²) < 4.78 is 3.03. The second-order valence-corrected chi connectivity index (χ2v) is 8.14. The lowest BCUT2D eigenvalue weighted by Crippen LogP contribution is -2.28. The number of nitrogens with zero attached hydrogens (tertiary/aromatic N) is 2. The number of rotatable bonds is 9. The molecule has 0 amide bonds. The first-order valence-corrected chi connectivity index (χ1v) is 11.2. The largest absolute Gasteiger partial charge is 0.306 e. The molecule has 0 saturated carbocycles. The number of anilines is 1. The fourth-order valence-corrected chi connectivity index (χ4v) is 4.15. The van der Waals surface area contributed by atoms with Crippen LogP contribution in [0.25, 0.3) is 28.8 Å². The molecule has 1 aliphatic rings. The van der Waals surface area contributed by atoms with Crippen LogP contribution in [0.1, 0.15) is 11.3 Å². The van der Waals surface area contributed by atoms with E-state index in [-0.39, 0.29) is 0 Å². The molecule has 0 aliphatic carbocycles. The standard InChI is InChI=1S/C30H27BrN2/c1-7-12-17-23(14-8-2)32-27(15-9-3)28(16-10-4)33-26(21-20-22(6)31)24(11-5)25-18-13-19-29(32)30(25)33/h7-21H,1-6H2/b17-12-,21-20-,23-14+,27-15+,28-16+. The Morgan fingerprint density at radius 1 is 0.879 bits per heavy atom. The molecule has 1 aliphatic heterocycles. The maximum atomic E-state index is 4.10. The Morgan fingerprint density at radius 2 is 1.61 bits per heavy atom. The summed E-state index contributed by atoms with van der Waals surface area (Å²) in [7, 11) is 0. The number of halogens is 1. The van der Waals surface area contributed by atoms with Crippen molar-refractivity contribution in [2.45, 2.75) is 0 Å². The molecule has 2 aromatic rings. The molecule has 0 saturated heterocycles. The minimum absolute atomic E-state index is 0.787. The highest BCUT2D eigenvalue weighted by Crippen LogP contribution is 2.46. The van der Waals surface area contributed by atoms with Crippen molar-refractivity contribution in [1.82, 2.24) is 4.57 Å². The molecule has 0 radical (unpaired) electrons. The van der Waals surface area contributed by atoms with Crippen LogP contribution in [0.5, 0.6) is 0 Å². The Kier molecular flexibility index (Phi) is 7.70. The predicted molar refractivity (Wildman–Crippen MR) is 152 cm³/mol.